The highest BCUT2D eigenvalue weighted by Crippen LogP contribution is 1.96. The molecule has 4 heteroatoms. The number of Topliss-reactive ketones (excluding diaryl/α,β-unsaturated/α-hetero) is 1. The van der Waals surface area contributed by atoms with Gasteiger partial charge in [0.15, 0.2) is 5.78 Å². The Morgan fingerprint density at radius 3 is 2.42 bits per heavy atom. The van der Waals surface area contributed by atoms with Crippen molar-refractivity contribution in [1.82, 2.24) is 0 Å². The number of esters is 1. The lowest BCUT2D eigenvalue weighted by atomic mass is 10.2. The zero-order valence-corrected chi connectivity index (χ0v) is 8.06. The van der Waals surface area contributed by atoms with Crippen LogP contribution in [0, 0.1) is 5.92 Å². The molecule has 0 unspecified atom stereocenters. The quantitative estimate of drug-likeness (QED) is 0.376. The molecule has 0 aliphatic rings. The molecule has 0 saturated carbocycles. The van der Waals surface area contributed by atoms with Gasteiger partial charge < -0.3 is 4.74 Å². The lowest BCUT2D eigenvalue weighted by molar-refractivity contribution is -0.146. The fraction of sp³-hybridized carbons (Fsp3) is 0.750. The Kier molecular flexibility index (Phi) is 5.72. The van der Waals surface area contributed by atoms with E-state index in [-0.39, 0.29) is 18.1 Å². The van der Waals surface area contributed by atoms with Gasteiger partial charge in [-0.25, -0.2) is 0 Å². The van der Waals surface area contributed by atoms with Gasteiger partial charge in [0.25, 0.3) is 0 Å². The second-order valence-corrected chi connectivity index (χ2v) is 3.19. The minimum Gasteiger partial charge on any atom is -0.465 e. The Labute approximate surface area is 77.0 Å². The zero-order valence-electron chi connectivity index (χ0n) is 7.30. The minimum atomic E-state index is -0.491. The molecular weight excluding hydrogens is 180 g/mol. The minimum absolute atomic E-state index is 0.128. The molecule has 0 aliphatic heterocycles. The average Bonchev–Trinajstić information content (AvgIpc) is 2.00. The molecule has 0 rings (SSSR count). The van der Waals surface area contributed by atoms with Crippen LogP contribution in [0.3, 0.4) is 0 Å². The van der Waals surface area contributed by atoms with E-state index in [1.165, 1.54) is 0 Å². The smallest absolute Gasteiger partial charge is 0.313 e. The Balaban J connectivity index is 3.53. The summed E-state index contributed by atoms with van der Waals surface area (Å²) in [7, 11) is 0. The van der Waals surface area contributed by atoms with Gasteiger partial charge in [-0.1, -0.05) is 13.8 Å². The third-order valence-corrected chi connectivity index (χ3v) is 1.37. The van der Waals surface area contributed by atoms with Crippen LogP contribution in [0.5, 0.6) is 0 Å². The first-order chi connectivity index (χ1) is 5.56. The first-order valence-corrected chi connectivity index (χ1v) is 4.33. The normalized spacial score (nSPS) is 10.0. The Morgan fingerprint density at radius 2 is 2.00 bits per heavy atom. The number of hydrogen-bond donors (Lipinski definition) is 0. The van der Waals surface area contributed by atoms with Gasteiger partial charge in [0.05, 0.1) is 12.5 Å². The van der Waals surface area contributed by atoms with Crippen molar-refractivity contribution in [2.24, 2.45) is 5.92 Å². The van der Waals surface area contributed by atoms with E-state index in [1.807, 2.05) is 13.8 Å². The molecule has 3 nitrogen and oxygen atoms in total. The third kappa shape index (κ3) is 6.16. The topological polar surface area (TPSA) is 43.4 Å². The molecule has 0 bridgehead atoms. The van der Waals surface area contributed by atoms with Gasteiger partial charge in [0.2, 0.25) is 0 Å². The van der Waals surface area contributed by atoms with Gasteiger partial charge in [-0.05, 0) is 5.92 Å². The van der Waals surface area contributed by atoms with Crippen LogP contribution >= 0.6 is 11.6 Å². The van der Waals surface area contributed by atoms with Crippen LogP contribution in [0.2, 0.25) is 0 Å². The number of alkyl halides is 1. The van der Waals surface area contributed by atoms with Gasteiger partial charge >= 0.3 is 5.97 Å². The van der Waals surface area contributed by atoms with Crippen LogP contribution in [0.1, 0.15) is 20.3 Å². The standard InChI is InChI=1S/C8H13ClO3/c1-6(2)5-12-8(11)3-7(10)4-9/h6H,3-5H2,1-2H3. The Hall–Kier alpha value is -0.570. The van der Waals surface area contributed by atoms with E-state index >= 15 is 0 Å². The van der Waals surface area contributed by atoms with Crippen molar-refractivity contribution >= 4 is 23.4 Å². The summed E-state index contributed by atoms with van der Waals surface area (Å²) in [5.74, 6) is -0.628. The highest BCUT2D eigenvalue weighted by molar-refractivity contribution is 6.28. The molecule has 0 aromatic rings. The molecule has 0 saturated heterocycles. The lowest BCUT2D eigenvalue weighted by Crippen LogP contribution is -2.14. The Morgan fingerprint density at radius 1 is 1.42 bits per heavy atom. The van der Waals surface area contributed by atoms with Crippen molar-refractivity contribution in [3.05, 3.63) is 0 Å². The summed E-state index contributed by atoms with van der Waals surface area (Å²) in [6.07, 6.45) is -0.212. The van der Waals surface area contributed by atoms with Crippen LogP contribution < -0.4 is 0 Å². The molecule has 0 atom stereocenters. The van der Waals surface area contributed by atoms with Gasteiger partial charge in [0.1, 0.15) is 6.42 Å². The molecule has 0 aromatic carbocycles. The van der Waals surface area contributed by atoms with Crippen molar-refractivity contribution in [3.8, 4) is 0 Å². The van der Waals surface area contributed by atoms with Gasteiger partial charge in [-0.2, -0.15) is 0 Å². The van der Waals surface area contributed by atoms with E-state index in [9.17, 15) is 9.59 Å². The summed E-state index contributed by atoms with van der Waals surface area (Å²) in [4.78, 5) is 21.4. The molecule has 0 amide bonds. The summed E-state index contributed by atoms with van der Waals surface area (Å²) in [6.45, 7) is 4.21. The molecule has 0 N–H and O–H groups in total. The van der Waals surface area contributed by atoms with Crippen molar-refractivity contribution < 1.29 is 14.3 Å². The maximum absolute atomic E-state index is 10.8. The van der Waals surface area contributed by atoms with Gasteiger partial charge in [-0.3, -0.25) is 9.59 Å². The molecule has 0 aliphatic carbocycles. The number of ketones is 1. The molecular formula is C8H13ClO3. The number of ether oxygens (including phenoxy) is 1. The maximum atomic E-state index is 10.8. The zero-order chi connectivity index (χ0) is 9.56. The fourth-order valence-corrected chi connectivity index (χ4v) is 0.613. The van der Waals surface area contributed by atoms with Gasteiger partial charge in [-0.15, -0.1) is 11.6 Å². The van der Waals surface area contributed by atoms with Crippen LogP contribution in [0.4, 0.5) is 0 Å². The summed E-state index contributed by atoms with van der Waals surface area (Å²) in [5, 5.41) is 0. The molecule has 70 valence electrons. The maximum Gasteiger partial charge on any atom is 0.313 e. The summed E-state index contributed by atoms with van der Waals surface area (Å²) in [6, 6.07) is 0. The first kappa shape index (κ1) is 11.4. The molecule has 0 radical (unpaired) electrons. The predicted octanol–water partition coefficient (Wildman–Crippen LogP) is 1.38. The molecule has 0 heterocycles. The predicted molar refractivity (Wildman–Crippen MR) is 46.1 cm³/mol. The van der Waals surface area contributed by atoms with E-state index in [4.69, 9.17) is 16.3 Å². The van der Waals surface area contributed by atoms with Crippen LogP contribution in [0.15, 0.2) is 0 Å². The highest BCUT2D eigenvalue weighted by Gasteiger charge is 2.09. The van der Waals surface area contributed by atoms with E-state index < -0.39 is 5.97 Å². The monoisotopic (exact) mass is 192 g/mol. The Bertz CT molecular complexity index is 166. The first-order valence-electron chi connectivity index (χ1n) is 3.79. The summed E-state index contributed by atoms with van der Waals surface area (Å²) in [5.41, 5.74) is 0. The van der Waals surface area contributed by atoms with E-state index in [2.05, 4.69) is 0 Å². The van der Waals surface area contributed by atoms with Crippen LogP contribution in [-0.2, 0) is 14.3 Å². The number of halogens is 1. The third-order valence-electron chi connectivity index (χ3n) is 1.07. The highest BCUT2D eigenvalue weighted by atomic mass is 35.5. The molecule has 0 fully saturated rings. The number of carbonyl (C=O) groups excluding carboxylic acids is 2. The largest absolute Gasteiger partial charge is 0.465 e. The van der Waals surface area contributed by atoms with Crippen molar-refractivity contribution in [2.75, 3.05) is 12.5 Å². The molecule has 12 heavy (non-hydrogen) atoms. The number of carbonyl (C=O) groups is 2. The molecule has 0 aromatic heterocycles. The lowest BCUT2D eigenvalue weighted by Gasteiger charge is -2.05. The second-order valence-electron chi connectivity index (χ2n) is 2.93. The summed E-state index contributed by atoms with van der Waals surface area (Å²) < 4.78 is 4.76. The summed E-state index contributed by atoms with van der Waals surface area (Å²) >= 11 is 5.20. The second kappa shape index (κ2) is 6.00. The van der Waals surface area contributed by atoms with Crippen molar-refractivity contribution in [3.63, 3.8) is 0 Å². The fourth-order valence-electron chi connectivity index (χ4n) is 0.519. The van der Waals surface area contributed by atoms with E-state index in [1.54, 1.807) is 0 Å². The van der Waals surface area contributed by atoms with Crippen LogP contribution in [0.25, 0.3) is 0 Å². The number of hydrogen-bond acceptors (Lipinski definition) is 3. The SMILES string of the molecule is CC(C)COC(=O)CC(=O)CCl. The number of rotatable bonds is 5. The van der Waals surface area contributed by atoms with Gasteiger partial charge in [0, 0.05) is 0 Å². The van der Waals surface area contributed by atoms with Crippen LogP contribution in [-0.4, -0.2) is 24.2 Å². The average molecular weight is 193 g/mol. The van der Waals surface area contributed by atoms with E-state index in [0.717, 1.165) is 0 Å². The van der Waals surface area contributed by atoms with E-state index in [0.29, 0.717) is 12.5 Å². The van der Waals surface area contributed by atoms with Crippen molar-refractivity contribution in [1.29, 1.82) is 0 Å². The van der Waals surface area contributed by atoms with Crippen molar-refractivity contribution in [2.45, 2.75) is 20.3 Å². The molecule has 0 spiro atoms.